The van der Waals surface area contributed by atoms with Crippen LogP contribution >= 0.6 is 56.8 Å². The van der Waals surface area contributed by atoms with E-state index in [9.17, 15) is 5.11 Å². The van der Waals surface area contributed by atoms with E-state index in [-0.39, 0.29) is 5.75 Å². The molecule has 0 spiro atoms. The van der Waals surface area contributed by atoms with Gasteiger partial charge in [-0.25, -0.2) is 0 Å². The highest BCUT2D eigenvalue weighted by molar-refractivity contribution is 14.1. The molecule has 0 bridgehead atoms. The number of benzene rings is 1. The van der Waals surface area contributed by atoms with Gasteiger partial charge in [-0.15, -0.1) is 0 Å². The van der Waals surface area contributed by atoms with Crippen molar-refractivity contribution in [2.75, 3.05) is 0 Å². The Morgan fingerprint density at radius 3 is 2.55 bits per heavy atom. The molecule has 0 aliphatic rings. The van der Waals surface area contributed by atoms with E-state index in [4.69, 9.17) is 11.6 Å². The third-order valence-electron chi connectivity index (χ3n) is 1.38. The van der Waals surface area contributed by atoms with Gasteiger partial charge in [0.05, 0.1) is 8.59 Å². The Morgan fingerprint density at radius 1 is 1.45 bits per heavy atom. The molecule has 1 N–H and O–H groups in total. The highest BCUT2D eigenvalue weighted by atomic mass is 127. The standard InChI is InChI=1S/C7H5ClI2O/c1-3-5(9)2-4(8)7(11)6(3)10/h2,11H,1H3. The summed E-state index contributed by atoms with van der Waals surface area (Å²) in [6, 6.07) is 1.76. The molecule has 0 unspecified atom stereocenters. The van der Waals surface area contributed by atoms with Crippen molar-refractivity contribution in [1.29, 1.82) is 0 Å². The lowest BCUT2D eigenvalue weighted by Crippen LogP contribution is -1.86. The van der Waals surface area contributed by atoms with Gasteiger partial charge in [0, 0.05) is 3.57 Å². The summed E-state index contributed by atoms with van der Waals surface area (Å²) >= 11 is 10.0. The fourth-order valence-corrected chi connectivity index (χ4v) is 2.90. The molecule has 0 radical (unpaired) electrons. The van der Waals surface area contributed by atoms with Gasteiger partial charge in [0.15, 0.2) is 0 Å². The lowest BCUT2D eigenvalue weighted by molar-refractivity contribution is 0.471. The monoisotopic (exact) mass is 394 g/mol. The van der Waals surface area contributed by atoms with Crippen molar-refractivity contribution < 1.29 is 5.11 Å². The Kier molecular flexibility index (Phi) is 3.27. The van der Waals surface area contributed by atoms with E-state index >= 15 is 0 Å². The largest absolute Gasteiger partial charge is 0.505 e. The van der Waals surface area contributed by atoms with Crippen LogP contribution in [-0.4, -0.2) is 5.11 Å². The van der Waals surface area contributed by atoms with Crippen LogP contribution in [0.3, 0.4) is 0 Å². The summed E-state index contributed by atoms with van der Waals surface area (Å²) in [4.78, 5) is 0. The lowest BCUT2D eigenvalue weighted by Gasteiger charge is -2.05. The zero-order chi connectivity index (χ0) is 8.59. The number of hydrogen-bond donors (Lipinski definition) is 1. The zero-order valence-electron chi connectivity index (χ0n) is 5.66. The number of phenols is 1. The van der Waals surface area contributed by atoms with Crippen LogP contribution in [0.15, 0.2) is 6.07 Å². The molecule has 0 amide bonds. The fraction of sp³-hybridized carbons (Fsp3) is 0.143. The minimum Gasteiger partial charge on any atom is -0.505 e. The molecule has 0 aromatic heterocycles. The maximum absolute atomic E-state index is 9.37. The second-order valence-electron chi connectivity index (χ2n) is 2.13. The predicted molar refractivity (Wildman–Crippen MR) is 63.3 cm³/mol. The Balaban J connectivity index is 3.46. The van der Waals surface area contributed by atoms with Crippen molar-refractivity contribution in [3.8, 4) is 5.75 Å². The van der Waals surface area contributed by atoms with E-state index in [1.54, 1.807) is 6.07 Å². The Morgan fingerprint density at radius 2 is 2.00 bits per heavy atom. The van der Waals surface area contributed by atoms with Crippen LogP contribution in [0.25, 0.3) is 0 Å². The molecule has 0 fully saturated rings. The Hall–Kier alpha value is 0.770. The van der Waals surface area contributed by atoms with Gasteiger partial charge in [0.1, 0.15) is 5.75 Å². The summed E-state index contributed by atoms with van der Waals surface area (Å²) < 4.78 is 1.91. The summed E-state index contributed by atoms with van der Waals surface area (Å²) in [7, 11) is 0. The lowest BCUT2D eigenvalue weighted by atomic mass is 10.2. The molecule has 0 saturated carbocycles. The first kappa shape index (κ1) is 9.85. The van der Waals surface area contributed by atoms with E-state index in [0.717, 1.165) is 12.7 Å². The maximum Gasteiger partial charge on any atom is 0.147 e. The zero-order valence-corrected chi connectivity index (χ0v) is 10.7. The summed E-state index contributed by atoms with van der Waals surface area (Å²) in [5.41, 5.74) is 1.08. The van der Waals surface area contributed by atoms with Gasteiger partial charge in [-0.05, 0) is 63.7 Å². The van der Waals surface area contributed by atoms with E-state index in [2.05, 4.69) is 45.2 Å². The van der Waals surface area contributed by atoms with Crippen molar-refractivity contribution in [2.24, 2.45) is 0 Å². The van der Waals surface area contributed by atoms with Crippen LogP contribution in [0, 0.1) is 14.1 Å². The SMILES string of the molecule is Cc1c(I)cc(Cl)c(O)c1I. The van der Waals surface area contributed by atoms with Crippen molar-refractivity contribution in [3.05, 3.63) is 23.8 Å². The van der Waals surface area contributed by atoms with Crippen LogP contribution in [0.4, 0.5) is 0 Å². The van der Waals surface area contributed by atoms with Crippen LogP contribution in [0.5, 0.6) is 5.75 Å². The van der Waals surface area contributed by atoms with E-state index in [1.807, 2.05) is 6.92 Å². The van der Waals surface area contributed by atoms with Crippen molar-refractivity contribution in [1.82, 2.24) is 0 Å². The summed E-state index contributed by atoms with van der Waals surface area (Å²) in [6.07, 6.45) is 0. The minimum atomic E-state index is 0.185. The number of halogens is 3. The van der Waals surface area contributed by atoms with Crippen molar-refractivity contribution >= 4 is 56.8 Å². The van der Waals surface area contributed by atoms with E-state index in [0.29, 0.717) is 5.02 Å². The molecule has 0 saturated heterocycles. The summed E-state index contributed by atoms with van der Waals surface area (Å²) in [5.74, 6) is 0.185. The molecule has 0 heterocycles. The van der Waals surface area contributed by atoms with Gasteiger partial charge in [-0.1, -0.05) is 11.6 Å². The van der Waals surface area contributed by atoms with Crippen LogP contribution in [0.2, 0.25) is 5.02 Å². The molecule has 11 heavy (non-hydrogen) atoms. The third-order valence-corrected chi connectivity index (χ3v) is 4.10. The molecular formula is C7H5ClI2O. The third kappa shape index (κ3) is 1.92. The first-order chi connectivity index (χ1) is 5.04. The summed E-state index contributed by atoms with van der Waals surface area (Å²) in [5, 5.41) is 9.79. The summed E-state index contributed by atoms with van der Waals surface area (Å²) in [6.45, 7) is 1.96. The molecule has 1 aromatic carbocycles. The van der Waals surface area contributed by atoms with Gasteiger partial charge in [-0.3, -0.25) is 0 Å². The molecule has 0 aliphatic heterocycles. The normalized spacial score (nSPS) is 10.2. The van der Waals surface area contributed by atoms with Crippen molar-refractivity contribution in [2.45, 2.75) is 6.92 Å². The van der Waals surface area contributed by atoms with E-state index in [1.165, 1.54) is 0 Å². The second kappa shape index (κ2) is 3.66. The molecule has 4 heteroatoms. The van der Waals surface area contributed by atoms with Crippen LogP contribution in [0.1, 0.15) is 5.56 Å². The molecule has 0 atom stereocenters. The average molecular weight is 394 g/mol. The van der Waals surface area contributed by atoms with Gasteiger partial charge in [-0.2, -0.15) is 0 Å². The quantitative estimate of drug-likeness (QED) is 0.668. The van der Waals surface area contributed by atoms with Gasteiger partial charge >= 0.3 is 0 Å². The van der Waals surface area contributed by atoms with Gasteiger partial charge in [0.25, 0.3) is 0 Å². The molecule has 60 valence electrons. The number of aromatic hydroxyl groups is 1. The minimum absolute atomic E-state index is 0.185. The smallest absolute Gasteiger partial charge is 0.147 e. The molecule has 0 aliphatic carbocycles. The second-order valence-corrected chi connectivity index (χ2v) is 4.78. The Labute approximate surface area is 97.4 Å². The topological polar surface area (TPSA) is 20.2 Å². The van der Waals surface area contributed by atoms with Gasteiger partial charge < -0.3 is 5.11 Å². The number of phenolic OH excluding ortho intramolecular Hbond substituents is 1. The maximum atomic E-state index is 9.37. The first-order valence-corrected chi connectivity index (χ1v) is 5.40. The van der Waals surface area contributed by atoms with Crippen LogP contribution in [-0.2, 0) is 0 Å². The first-order valence-electron chi connectivity index (χ1n) is 2.87. The number of rotatable bonds is 0. The predicted octanol–water partition coefficient (Wildman–Crippen LogP) is 3.56. The van der Waals surface area contributed by atoms with Crippen LogP contribution < -0.4 is 0 Å². The Bertz CT molecular complexity index is 273. The fourth-order valence-electron chi connectivity index (χ4n) is 0.675. The molecular weight excluding hydrogens is 389 g/mol. The van der Waals surface area contributed by atoms with Gasteiger partial charge in [0.2, 0.25) is 0 Å². The molecule has 1 aromatic rings. The number of hydrogen-bond acceptors (Lipinski definition) is 1. The molecule has 1 nitrogen and oxygen atoms in total. The molecule has 1 rings (SSSR count). The van der Waals surface area contributed by atoms with Crippen molar-refractivity contribution in [3.63, 3.8) is 0 Å². The average Bonchev–Trinajstić information content (AvgIpc) is 1.97. The highest BCUT2D eigenvalue weighted by Crippen LogP contribution is 2.33. The highest BCUT2D eigenvalue weighted by Gasteiger charge is 2.08. The van der Waals surface area contributed by atoms with E-state index < -0.39 is 0 Å².